The SMILES string of the molecule is CC1(C)C(NC(=O)c2ccc(N3CCC(CN4CCN(c5ccc6c(c5)C(=O)N(C5CCC(=O)NC5=O)C6=O)CC4)CC3)c(F)c2)C(C)(C)C1Oc1ccc(C#N)c2[nH]c(=O)ccc12. The van der Waals surface area contributed by atoms with Gasteiger partial charge in [-0.1, -0.05) is 27.7 Å². The summed E-state index contributed by atoms with van der Waals surface area (Å²) in [5, 5.41) is 15.6. The Balaban J connectivity index is 0.756. The van der Waals surface area contributed by atoms with E-state index in [0.29, 0.717) is 46.9 Å². The van der Waals surface area contributed by atoms with Gasteiger partial charge in [0.05, 0.1) is 27.9 Å². The number of H-pyrrole nitrogens is 1. The van der Waals surface area contributed by atoms with E-state index in [1.54, 1.807) is 42.5 Å². The summed E-state index contributed by atoms with van der Waals surface area (Å²) in [5.41, 5.74) is 1.49. The lowest BCUT2D eigenvalue weighted by molar-refractivity contribution is -0.163. The molecule has 4 aliphatic heterocycles. The largest absolute Gasteiger partial charge is 0.488 e. The molecule has 1 unspecified atom stereocenters. The van der Waals surface area contributed by atoms with Crippen LogP contribution in [0.5, 0.6) is 5.75 Å². The Morgan fingerprint density at radius 1 is 0.844 bits per heavy atom. The minimum atomic E-state index is -1.000. The molecule has 5 heterocycles. The monoisotopic (exact) mass is 870 g/mol. The van der Waals surface area contributed by atoms with Crippen LogP contribution in [0.25, 0.3) is 10.9 Å². The maximum absolute atomic E-state index is 15.8. The molecule has 16 heteroatoms. The molecule has 5 aliphatic rings. The molecule has 4 aromatic rings. The van der Waals surface area contributed by atoms with E-state index in [4.69, 9.17) is 4.74 Å². The van der Waals surface area contributed by atoms with Crippen LogP contribution in [0.15, 0.2) is 65.5 Å². The van der Waals surface area contributed by atoms with Crippen molar-refractivity contribution in [3.8, 4) is 11.8 Å². The van der Waals surface area contributed by atoms with Crippen molar-refractivity contribution in [1.29, 1.82) is 5.26 Å². The summed E-state index contributed by atoms with van der Waals surface area (Å²) in [4.78, 5) is 86.7. The third-order valence-corrected chi connectivity index (χ3v) is 14.2. The Hall–Kier alpha value is -6.60. The van der Waals surface area contributed by atoms with Gasteiger partial charge in [-0.2, -0.15) is 5.26 Å². The number of amides is 5. The minimum Gasteiger partial charge on any atom is -0.488 e. The highest BCUT2D eigenvalue weighted by Crippen LogP contribution is 2.56. The smallest absolute Gasteiger partial charge is 0.262 e. The van der Waals surface area contributed by atoms with Crippen LogP contribution in [0.3, 0.4) is 0 Å². The predicted octanol–water partition coefficient (Wildman–Crippen LogP) is 4.59. The van der Waals surface area contributed by atoms with Gasteiger partial charge in [0.2, 0.25) is 17.4 Å². The van der Waals surface area contributed by atoms with Gasteiger partial charge >= 0.3 is 0 Å². The van der Waals surface area contributed by atoms with Crippen molar-refractivity contribution < 1.29 is 33.1 Å². The van der Waals surface area contributed by atoms with E-state index in [-0.39, 0.29) is 53.1 Å². The van der Waals surface area contributed by atoms with E-state index in [1.165, 1.54) is 12.1 Å². The second kappa shape index (κ2) is 16.2. The number of imide groups is 2. The number of nitrogens with zero attached hydrogens (tertiary/aromatic N) is 5. The zero-order chi connectivity index (χ0) is 45.2. The van der Waals surface area contributed by atoms with E-state index in [9.17, 15) is 34.0 Å². The Labute approximate surface area is 369 Å². The molecule has 0 spiro atoms. The quantitative estimate of drug-likeness (QED) is 0.200. The normalized spacial score (nSPS) is 23.4. The third kappa shape index (κ3) is 7.44. The fourth-order valence-electron chi connectivity index (χ4n) is 11.0. The highest BCUT2D eigenvalue weighted by atomic mass is 19.1. The summed E-state index contributed by atoms with van der Waals surface area (Å²) >= 11 is 0. The second-order valence-corrected chi connectivity index (χ2v) is 18.9. The van der Waals surface area contributed by atoms with Gasteiger partial charge in [-0.25, -0.2) is 4.39 Å². The van der Waals surface area contributed by atoms with Crippen molar-refractivity contribution in [3.05, 3.63) is 99.1 Å². The fourth-order valence-corrected chi connectivity index (χ4v) is 11.0. The van der Waals surface area contributed by atoms with Crippen molar-refractivity contribution in [3.63, 3.8) is 0 Å². The molecule has 1 atom stereocenters. The number of carbonyl (C=O) groups is 5. The number of ether oxygens (including phenoxy) is 1. The predicted molar refractivity (Wildman–Crippen MR) is 236 cm³/mol. The number of rotatable bonds is 9. The first-order valence-corrected chi connectivity index (χ1v) is 22.0. The van der Waals surface area contributed by atoms with Gasteiger partial charge in [0.15, 0.2) is 0 Å². The molecule has 64 heavy (non-hydrogen) atoms. The number of nitrogens with one attached hydrogen (secondary N) is 3. The number of carbonyl (C=O) groups excluding carboxylic acids is 5. The number of anilines is 2. The van der Waals surface area contributed by atoms with Crippen LogP contribution in [0, 0.1) is 33.9 Å². The molecule has 5 amide bonds. The third-order valence-electron chi connectivity index (χ3n) is 14.2. The van der Waals surface area contributed by atoms with Crippen LogP contribution in [0.4, 0.5) is 15.8 Å². The topological polar surface area (TPSA) is 188 Å². The molecule has 0 bridgehead atoms. The van der Waals surface area contributed by atoms with Gasteiger partial charge < -0.3 is 24.8 Å². The van der Waals surface area contributed by atoms with Crippen molar-refractivity contribution in [2.24, 2.45) is 16.7 Å². The Morgan fingerprint density at radius 3 is 2.25 bits per heavy atom. The highest BCUT2D eigenvalue weighted by Gasteiger charge is 2.64. The number of halogens is 1. The van der Waals surface area contributed by atoms with Crippen LogP contribution >= 0.6 is 0 Å². The zero-order valence-electron chi connectivity index (χ0n) is 36.3. The van der Waals surface area contributed by atoms with Gasteiger partial charge in [-0.3, -0.25) is 43.9 Å². The number of nitriles is 1. The second-order valence-electron chi connectivity index (χ2n) is 18.9. The van der Waals surface area contributed by atoms with Crippen LogP contribution in [-0.4, -0.2) is 108 Å². The lowest BCUT2D eigenvalue weighted by atomic mass is 9.49. The van der Waals surface area contributed by atoms with Crippen LogP contribution in [0.2, 0.25) is 0 Å². The van der Waals surface area contributed by atoms with Crippen molar-refractivity contribution in [2.45, 2.75) is 71.6 Å². The number of pyridine rings is 1. The van der Waals surface area contributed by atoms with Gasteiger partial charge in [0, 0.05) is 91.8 Å². The highest BCUT2D eigenvalue weighted by molar-refractivity contribution is 6.23. The van der Waals surface area contributed by atoms with Gasteiger partial charge in [-0.15, -0.1) is 0 Å². The molecule has 4 fully saturated rings. The molecule has 0 radical (unpaired) electrons. The maximum Gasteiger partial charge on any atom is 0.262 e. The fraction of sp³-hybridized carbons (Fsp3) is 0.438. The lowest BCUT2D eigenvalue weighted by Gasteiger charge is -2.63. The molecule has 9 rings (SSSR count). The van der Waals surface area contributed by atoms with Crippen molar-refractivity contribution in [1.82, 2.24) is 25.4 Å². The van der Waals surface area contributed by atoms with Crippen molar-refractivity contribution in [2.75, 3.05) is 55.6 Å². The lowest BCUT2D eigenvalue weighted by Crippen LogP contribution is -2.74. The first kappa shape index (κ1) is 42.7. The molecular weight excluding hydrogens is 820 g/mol. The van der Waals surface area contributed by atoms with E-state index in [1.807, 2.05) is 33.8 Å². The Kier molecular flexibility index (Phi) is 10.8. The summed E-state index contributed by atoms with van der Waals surface area (Å²) in [6.45, 7) is 13.5. The number of fused-ring (bicyclic) bond motifs is 2. The maximum atomic E-state index is 15.8. The molecule has 3 aromatic carbocycles. The molecule has 1 aliphatic carbocycles. The Bertz CT molecular complexity index is 2690. The average Bonchev–Trinajstić information content (AvgIpc) is 3.52. The van der Waals surface area contributed by atoms with Crippen LogP contribution in [-0.2, 0) is 9.59 Å². The number of aromatic nitrogens is 1. The number of piperidine rings is 2. The molecule has 3 saturated heterocycles. The van der Waals surface area contributed by atoms with Crippen LogP contribution in [0.1, 0.15) is 90.0 Å². The summed E-state index contributed by atoms with van der Waals surface area (Å²) in [5.74, 6) is -1.91. The molecular formula is C48H51FN8O7. The van der Waals surface area contributed by atoms with E-state index in [2.05, 4.69) is 36.4 Å². The first-order valence-electron chi connectivity index (χ1n) is 22.0. The van der Waals surface area contributed by atoms with E-state index >= 15 is 4.39 Å². The molecule has 1 aromatic heterocycles. The summed E-state index contributed by atoms with van der Waals surface area (Å²) in [7, 11) is 0. The Morgan fingerprint density at radius 2 is 1.56 bits per heavy atom. The molecule has 332 valence electrons. The first-order chi connectivity index (χ1) is 30.5. The van der Waals surface area contributed by atoms with E-state index in [0.717, 1.165) is 56.2 Å². The summed E-state index contributed by atoms with van der Waals surface area (Å²) in [6.07, 6.45) is 1.65. The van der Waals surface area contributed by atoms with Gasteiger partial charge in [0.1, 0.15) is 29.8 Å². The number of hydrogen-bond acceptors (Lipinski definition) is 11. The standard InChI is InChI=1S/C48H51FN8O7/c1-47(2)45(48(3,4)46(47)64-37-12-6-29(25-50)40-32(37)9-13-38(58)51-40)53-41(60)28-5-10-35(34(49)23-28)56-17-15-27(16-18-56)26-54-19-21-55(22-20-54)30-7-8-31-33(24-30)44(63)57(43(31)62)36-11-14-39(59)52-42(36)61/h5-10,12-13,23-24,27,36,45-46H,11,14-22,26H2,1-4H3,(H,51,58)(H,53,60)(H,52,59,61). The van der Waals surface area contributed by atoms with Gasteiger partial charge in [0.25, 0.3) is 17.7 Å². The zero-order valence-corrected chi connectivity index (χ0v) is 36.3. The minimum absolute atomic E-state index is 0.0706. The number of aromatic amines is 1. The van der Waals surface area contributed by atoms with Crippen molar-refractivity contribution >= 4 is 51.8 Å². The summed E-state index contributed by atoms with van der Waals surface area (Å²) < 4.78 is 22.4. The van der Waals surface area contributed by atoms with Gasteiger partial charge in [-0.05, 0) is 79.8 Å². The number of piperazine rings is 1. The molecule has 15 nitrogen and oxygen atoms in total. The average molecular weight is 871 g/mol. The molecule has 1 saturated carbocycles. The summed E-state index contributed by atoms with van der Waals surface area (Å²) in [6, 6.07) is 17.1. The van der Waals surface area contributed by atoms with E-state index < -0.39 is 46.3 Å². The number of benzene rings is 3. The molecule has 3 N–H and O–H groups in total. The van der Waals surface area contributed by atoms with Crippen LogP contribution < -0.4 is 30.7 Å². The number of hydrogen-bond donors (Lipinski definition) is 3.